The number of piperidine rings is 1. The minimum atomic E-state index is -0.834. The van der Waals surface area contributed by atoms with Crippen LogP contribution in [0.25, 0.3) is 0 Å². The van der Waals surface area contributed by atoms with Crippen LogP contribution in [0.15, 0.2) is 18.2 Å². The molecule has 0 spiro atoms. The highest BCUT2D eigenvalue weighted by atomic mass is 16.6. The van der Waals surface area contributed by atoms with Crippen LogP contribution in [-0.2, 0) is 4.79 Å². The lowest BCUT2D eigenvalue weighted by molar-refractivity contribution is -0.384. The van der Waals surface area contributed by atoms with Gasteiger partial charge in [-0.25, -0.2) is 0 Å². The Morgan fingerprint density at radius 2 is 2.26 bits per heavy atom. The molecule has 6 nitrogen and oxygen atoms in total. The summed E-state index contributed by atoms with van der Waals surface area (Å²) in [6, 6.07) is 5.05. The number of nitrogens with zero attached hydrogens (tertiary/aromatic N) is 2. The molecule has 0 aromatic heterocycles. The number of carboxylic acids is 1. The monoisotopic (exact) mass is 264 g/mol. The first-order valence-electron chi connectivity index (χ1n) is 6.22. The van der Waals surface area contributed by atoms with Crippen molar-refractivity contribution in [3.05, 3.63) is 33.9 Å². The smallest absolute Gasteiger partial charge is 0.308 e. The molecule has 1 aromatic carbocycles. The van der Waals surface area contributed by atoms with Crippen molar-refractivity contribution in [3.63, 3.8) is 0 Å². The van der Waals surface area contributed by atoms with Crippen molar-refractivity contribution in [3.8, 4) is 0 Å². The fourth-order valence-corrected chi connectivity index (χ4v) is 2.44. The number of hydrogen-bond acceptors (Lipinski definition) is 4. The van der Waals surface area contributed by atoms with Crippen LogP contribution in [-0.4, -0.2) is 29.1 Å². The molecule has 1 atom stereocenters. The van der Waals surface area contributed by atoms with Gasteiger partial charge < -0.3 is 10.0 Å². The van der Waals surface area contributed by atoms with Crippen LogP contribution < -0.4 is 4.90 Å². The van der Waals surface area contributed by atoms with E-state index in [1.165, 1.54) is 6.07 Å². The zero-order valence-corrected chi connectivity index (χ0v) is 10.7. The highest BCUT2D eigenvalue weighted by molar-refractivity contribution is 5.72. The molecular formula is C13H16N2O4. The highest BCUT2D eigenvalue weighted by Gasteiger charge is 2.28. The number of carbonyl (C=O) groups is 1. The lowest BCUT2D eigenvalue weighted by atomic mass is 9.97. The number of rotatable bonds is 3. The van der Waals surface area contributed by atoms with Crippen LogP contribution in [0.2, 0.25) is 0 Å². The molecule has 2 rings (SSSR count). The molecular weight excluding hydrogens is 248 g/mol. The van der Waals surface area contributed by atoms with Gasteiger partial charge in [0.1, 0.15) is 5.69 Å². The number of benzene rings is 1. The third kappa shape index (κ3) is 2.83. The third-order valence-corrected chi connectivity index (χ3v) is 3.44. The topological polar surface area (TPSA) is 83.7 Å². The minimum absolute atomic E-state index is 0.0473. The van der Waals surface area contributed by atoms with Crippen molar-refractivity contribution in [1.82, 2.24) is 0 Å². The summed E-state index contributed by atoms with van der Waals surface area (Å²) in [4.78, 5) is 23.5. The summed E-state index contributed by atoms with van der Waals surface area (Å²) in [5.41, 5.74) is 1.38. The molecule has 0 saturated carbocycles. The van der Waals surface area contributed by atoms with Gasteiger partial charge in [0.15, 0.2) is 0 Å². The maximum atomic E-state index is 11.1. The lowest BCUT2D eigenvalue weighted by Crippen LogP contribution is -2.39. The number of aliphatic carboxylic acids is 1. The number of nitro benzene ring substituents is 1. The summed E-state index contributed by atoms with van der Waals surface area (Å²) in [6.07, 6.45) is 1.37. The summed E-state index contributed by atoms with van der Waals surface area (Å²) >= 11 is 0. The Labute approximate surface area is 110 Å². The number of aryl methyl sites for hydroxylation is 1. The number of nitro groups is 1. The maximum Gasteiger partial charge on any atom is 0.308 e. The minimum Gasteiger partial charge on any atom is -0.481 e. The van der Waals surface area contributed by atoms with Crippen molar-refractivity contribution in [2.45, 2.75) is 19.8 Å². The van der Waals surface area contributed by atoms with E-state index in [4.69, 9.17) is 5.11 Å². The first-order valence-corrected chi connectivity index (χ1v) is 6.22. The molecule has 102 valence electrons. The molecule has 19 heavy (non-hydrogen) atoms. The molecule has 1 aromatic rings. The van der Waals surface area contributed by atoms with E-state index in [1.54, 1.807) is 17.9 Å². The van der Waals surface area contributed by atoms with Gasteiger partial charge in [0.05, 0.1) is 10.8 Å². The van der Waals surface area contributed by atoms with Crippen molar-refractivity contribution >= 4 is 17.3 Å². The van der Waals surface area contributed by atoms with Crippen LogP contribution in [0.1, 0.15) is 18.4 Å². The second-order valence-electron chi connectivity index (χ2n) is 4.87. The zero-order valence-electron chi connectivity index (χ0n) is 10.7. The van der Waals surface area contributed by atoms with E-state index in [0.717, 1.165) is 12.0 Å². The van der Waals surface area contributed by atoms with E-state index < -0.39 is 16.8 Å². The van der Waals surface area contributed by atoms with Crippen LogP contribution in [0.4, 0.5) is 11.4 Å². The molecule has 1 fully saturated rings. The molecule has 1 heterocycles. The third-order valence-electron chi connectivity index (χ3n) is 3.44. The van der Waals surface area contributed by atoms with E-state index in [-0.39, 0.29) is 5.69 Å². The molecule has 1 unspecified atom stereocenters. The van der Waals surface area contributed by atoms with Gasteiger partial charge in [0, 0.05) is 19.2 Å². The van der Waals surface area contributed by atoms with Crippen LogP contribution >= 0.6 is 0 Å². The van der Waals surface area contributed by atoms with Gasteiger partial charge in [-0.2, -0.15) is 0 Å². The van der Waals surface area contributed by atoms with Gasteiger partial charge in [-0.05, 0) is 31.4 Å². The summed E-state index contributed by atoms with van der Waals surface area (Å²) in [5.74, 6) is -1.28. The molecule has 1 aliphatic heterocycles. The van der Waals surface area contributed by atoms with Gasteiger partial charge in [-0.3, -0.25) is 14.9 Å². The van der Waals surface area contributed by atoms with Crippen molar-refractivity contribution < 1.29 is 14.8 Å². The molecule has 1 N–H and O–H groups in total. The Bertz CT molecular complexity index is 515. The van der Waals surface area contributed by atoms with E-state index in [2.05, 4.69) is 0 Å². The van der Waals surface area contributed by atoms with E-state index >= 15 is 0 Å². The van der Waals surface area contributed by atoms with Gasteiger partial charge in [-0.1, -0.05) is 6.07 Å². The van der Waals surface area contributed by atoms with Crippen molar-refractivity contribution in [1.29, 1.82) is 0 Å². The summed E-state index contributed by atoms with van der Waals surface area (Å²) < 4.78 is 0. The highest BCUT2D eigenvalue weighted by Crippen LogP contribution is 2.32. The van der Waals surface area contributed by atoms with Gasteiger partial charge in [0.25, 0.3) is 5.69 Å². The summed E-state index contributed by atoms with van der Waals surface area (Å²) in [6.45, 7) is 2.79. The fourth-order valence-electron chi connectivity index (χ4n) is 2.44. The van der Waals surface area contributed by atoms with Gasteiger partial charge >= 0.3 is 5.97 Å². The van der Waals surface area contributed by atoms with Crippen LogP contribution in [0.5, 0.6) is 0 Å². The van der Waals surface area contributed by atoms with Gasteiger partial charge in [0.2, 0.25) is 0 Å². The summed E-state index contributed by atoms with van der Waals surface area (Å²) in [5, 5.41) is 20.2. The quantitative estimate of drug-likeness (QED) is 0.668. The molecule has 6 heteroatoms. The number of carboxylic acid groups (broad SMARTS) is 1. The Kier molecular flexibility index (Phi) is 3.69. The van der Waals surface area contributed by atoms with Crippen LogP contribution in [0.3, 0.4) is 0 Å². The first kappa shape index (κ1) is 13.3. The van der Waals surface area contributed by atoms with Gasteiger partial charge in [-0.15, -0.1) is 0 Å². The predicted octanol–water partition coefficient (Wildman–Crippen LogP) is 2.20. The molecule has 0 bridgehead atoms. The second-order valence-corrected chi connectivity index (χ2v) is 4.87. The Balaban J connectivity index is 2.30. The van der Waals surface area contributed by atoms with E-state index in [0.29, 0.717) is 25.2 Å². The normalized spacial score (nSPS) is 19.2. The van der Waals surface area contributed by atoms with Crippen molar-refractivity contribution in [2.75, 3.05) is 18.0 Å². The zero-order chi connectivity index (χ0) is 14.0. The number of hydrogen-bond donors (Lipinski definition) is 1. The SMILES string of the molecule is Cc1ccc(N2CCCC(C(=O)O)C2)c([N+](=O)[O-])c1. The Morgan fingerprint density at radius 1 is 1.53 bits per heavy atom. The fraction of sp³-hybridized carbons (Fsp3) is 0.462. The second kappa shape index (κ2) is 5.26. The average Bonchev–Trinajstić information content (AvgIpc) is 2.38. The standard InChI is InChI=1S/C13H16N2O4/c1-9-4-5-11(12(7-9)15(18)19)14-6-2-3-10(8-14)13(16)17/h4-5,7,10H,2-3,6,8H2,1H3,(H,16,17). The first-order chi connectivity index (χ1) is 8.99. The molecule has 0 amide bonds. The molecule has 0 aliphatic carbocycles. The van der Waals surface area contributed by atoms with Crippen molar-refractivity contribution in [2.24, 2.45) is 5.92 Å². The van der Waals surface area contributed by atoms with E-state index in [9.17, 15) is 14.9 Å². The molecule has 0 radical (unpaired) electrons. The maximum absolute atomic E-state index is 11.1. The number of anilines is 1. The molecule has 1 aliphatic rings. The Morgan fingerprint density at radius 3 is 2.89 bits per heavy atom. The lowest BCUT2D eigenvalue weighted by Gasteiger charge is -2.32. The van der Waals surface area contributed by atoms with Crippen LogP contribution in [0, 0.1) is 23.0 Å². The van der Waals surface area contributed by atoms with E-state index in [1.807, 2.05) is 6.07 Å². The predicted molar refractivity (Wildman–Crippen MR) is 70.4 cm³/mol. The average molecular weight is 264 g/mol. The summed E-state index contributed by atoms with van der Waals surface area (Å²) in [7, 11) is 0. The Hall–Kier alpha value is -2.11. The largest absolute Gasteiger partial charge is 0.481 e. The molecule has 1 saturated heterocycles.